The van der Waals surface area contributed by atoms with E-state index in [4.69, 9.17) is 19.7 Å². The molecule has 5 aromatic carbocycles. The molecular formula is C37H28N4O. The molecule has 5 nitrogen and oxygen atoms in total. The number of ether oxygens (including phenoxy) is 1. The Kier molecular flexibility index (Phi) is 6.74. The molecule has 0 aliphatic carbocycles. The summed E-state index contributed by atoms with van der Waals surface area (Å²) < 4.78 is 5.48. The van der Waals surface area contributed by atoms with Crippen LogP contribution in [0, 0.1) is 0 Å². The van der Waals surface area contributed by atoms with Crippen molar-refractivity contribution in [2.24, 2.45) is 15.0 Å². The van der Waals surface area contributed by atoms with Gasteiger partial charge in [0.25, 0.3) is 0 Å². The zero-order valence-corrected chi connectivity index (χ0v) is 23.1. The largest absolute Gasteiger partial charge is 0.497 e. The highest BCUT2D eigenvalue weighted by Crippen LogP contribution is 2.42. The van der Waals surface area contributed by atoms with Crippen molar-refractivity contribution >= 4 is 22.8 Å². The van der Waals surface area contributed by atoms with Gasteiger partial charge in [0.15, 0.2) is 11.6 Å². The average molecular weight is 545 g/mol. The minimum absolute atomic E-state index is 0.184. The molecule has 0 bridgehead atoms. The van der Waals surface area contributed by atoms with Crippen molar-refractivity contribution in [2.45, 2.75) is 6.04 Å². The smallest absolute Gasteiger partial charge is 0.197 e. The van der Waals surface area contributed by atoms with E-state index in [1.165, 1.54) is 0 Å². The lowest BCUT2D eigenvalue weighted by atomic mass is 9.96. The SMILES string of the molecule is COc1ccc(N2C(=C3N=C(c4ccccc4)C(c4ccccc4)=N3)N=C(c3ccccc3)C2c2ccccc2)cc1. The summed E-state index contributed by atoms with van der Waals surface area (Å²) in [5.74, 6) is 2.07. The molecule has 0 radical (unpaired) electrons. The van der Waals surface area contributed by atoms with Gasteiger partial charge in [-0.3, -0.25) is 0 Å². The third-order valence-corrected chi connectivity index (χ3v) is 7.46. The number of anilines is 1. The van der Waals surface area contributed by atoms with Crippen molar-refractivity contribution in [1.29, 1.82) is 0 Å². The minimum Gasteiger partial charge on any atom is -0.497 e. The summed E-state index contributed by atoms with van der Waals surface area (Å²) in [4.78, 5) is 17.9. The molecule has 0 fully saturated rings. The molecule has 0 saturated heterocycles. The second kappa shape index (κ2) is 11.1. The molecule has 7 rings (SSSR count). The van der Waals surface area contributed by atoms with Gasteiger partial charge in [0.2, 0.25) is 0 Å². The maximum Gasteiger partial charge on any atom is 0.197 e. The molecule has 0 amide bonds. The van der Waals surface area contributed by atoms with E-state index in [0.29, 0.717) is 11.6 Å². The van der Waals surface area contributed by atoms with E-state index in [9.17, 15) is 0 Å². The summed E-state index contributed by atoms with van der Waals surface area (Å²) in [6.45, 7) is 0. The summed E-state index contributed by atoms with van der Waals surface area (Å²) in [6.07, 6.45) is 0. The number of aliphatic imine (C=N–C) groups is 3. The normalized spacial score (nSPS) is 16.3. The average Bonchev–Trinajstić information content (AvgIpc) is 3.70. The molecule has 0 aromatic heterocycles. The quantitative estimate of drug-likeness (QED) is 0.218. The van der Waals surface area contributed by atoms with E-state index >= 15 is 0 Å². The minimum atomic E-state index is -0.184. The van der Waals surface area contributed by atoms with Crippen molar-refractivity contribution in [3.8, 4) is 5.75 Å². The first-order valence-corrected chi connectivity index (χ1v) is 14.0. The maximum absolute atomic E-state index is 5.48. The Morgan fingerprint density at radius 1 is 0.524 bits per heavy atom. The van der Waals surface area contributed by atoms with E-state index in [1.54, 1.807) is 7.11 Å². The third kappa shape index (κ3) is 4.71. The number of methoxy groups -OCH3 is 1. The molecule has 5 aromatic rings. The van der Waals surface area contributed by atoms with Crippen molar-refractivity contribution in [2.75, 3.05) is 12.0 Å². The van der Waals surface area contributed by atoms with Gasteiger partial charge in [-0.2, -0.15) is 0 Å². The fraction of sp³-hybridized carbons (Fsp3) is 0.0541. The van der Waals surface area contributed by atoms with Gasteiger partial charge in [0.1, 0.15) is 11.8 Å². The zero-order chi connectivity index (χ0) is 28.3. The van der Waals surface area contributed by atoms with E-state index < -0.39 is 0 Å². The van der Waals surface area contributed by atoms with Crippen LogP contribution in [0.2, 0.25) is 0 Å². The number of rotatable bonds is 6. The fourth-order valence-electron chi connectivity index (χ4n) is 5.46. The lowest BCUT2D eigenvalue weighted by molar-refractivity contribution is 0.415. The van der Waals surface area contributed by atoms with Crippen LogP contribution in [-0.4, -0.2) is 24.2 Å². The number of benzene rings is 5. The molecule has 2 aliphatic rings. The Morgan fingerprint density at radius 2 is 1.00 bits per heavy atom. The molecule has 5 heteroatoms. The van der Waals surface area contributed by atoms with Gasteiger partial charge < -0.3 is 9.64 Å². The summed E-state index contributed by atoms with van der Waals surface area (Å²) in [6, 6.07) is 49.2. The Hall–Kier alpha value is -5.55. The summed E-state index contributed by atoms with van der Waals surface area (Å²) in [5.41, 5.74) is 7.79. The fourth-order valence-corrected chi connectivity index (χ4v) is 5.46. The number of hydrogen-bond acceptors (Lipinski definition) is 5. The highest BCUT2D eigenvalue weighted by Gasteiger charge is 2.38. The second-order valence-corrected chi connectivity index (χ2v) is 10.0. The predicted octanol–water partition coefficient (Wildman–Crippen LogP) is 7.86. The van der Waals surface area contributed by atoms with Crippen LogP contribution in [0.25, 0.3) is 0 Å². The monoisotopic (exact) mass is 544 g/mol. The molecule has 2 heterocycles. The first kappa shape index (κ1) is 25.4. The number of nitrogens with zero attached hydrogens (tertiary/aromatic N) is 4. The van der Waals surface area contributed by atoms with Gasteiger partial charge in [-0.05, 0) is 35.4 Å². The molecule has 0 saturated carbocycles. The first-order valence-electron chi connectivity index (χ1n) is 14.0. The highest BCUT2D eigenvalue weighted by molar-refractivity contribution is 6.55. The zero-order valence-electron chi connectivity index (χ0n) is 23.1. The molecular weight excluding hydrogens is 516 g/mol. The van der Waals surface area contributed by atoms with Gasteiger partial charge in [0, 0.05) is 16.8 Å². The highest BCUT2D eigenvalue weighted by atomic mass is 16.5. The summed E-state index contributed by atoms with van der Waals surface area (Å²) >= 11 is 0. The second-order valence-electron chi connectivity index (χ2n) is 10.0. The lowest BCUT2D eigenvalue weighted by Crippen LogP contribution is -2.28. The van der Waals surface area contributed by atoms with Crippen molar-refractivity contribution < 1.29 is 4.74 Å². The summed E-state index contributed by atoms with van der Waals surface area (Å²) in [5, 5.41) is 0. The Bertz CT molecular complexity index is 1770. The van der Waals surface area contributed by atoms with E-state index in [1.807, 2.05) is 60.7 Å². The van der Waals surface area contributed by atoms with Crippen molar-refractivity contribution in [3.05, 3.63) is 179 Å². The van der Waals surface area contributed by atoms with Crippen LogP contribution in [-0.2, 0) is 0 Å². The van der Waals surface area contributed by atoms with Crippen LogP contribution < -0.4 is 9.64 Å². The Balaban J connectivity index is 1.49. The van der Waals surface area contributed by atoms with Crippen LogP contribution >= 0.6 is 0 Å². The predicted molar refractivity (Wildman–Crippen MR) is 171 cm³/mol. The van der Waals surface area contributed by atoms with Gasteiger partial charge in [-0.25, -0.2) is 15.0 Å². The number of hydrogen-bond donors (Lipinski definition) is 0. The molecule has 0 spiro atoms. The standard InChI is InChI=1S/C37H28N4O/c1-42-31-24-22-30(23-25-31)41-35(29-20-12-5-13-21-29)34(28-18-10-4-11-19-28)40-37(41)36-38-32(26-14-6-2-7-15-26)33(39-36)27-16-8-3-9-17-27/h2-25,35H,1H3. The molecule has 0 N–H and O–H groups in total. The molecule has 202 valence electrons. The van der Waals surface area contributed by atoms with Gasteiger partial charge in [0.05, 0.1) is 24.2 Å². The van der Waals surface area contributed by atoms with Gasteiger partial charge in [-0.15, -0.1) is 0 Å². The first-order chi connectivity index (χ1) is 20.8. The van der Waals surface area contributed by atoms with Crippen LogP contribution in [0.1, 0.15) is 28.3 Å². The van der Waals surface area contributed by atoms with E-state index in [2.05, 4.69) is 89.8 Å². The Labute approximate surface area is 245 Å². The van der Waals surface area contributed by atoms with E-state index in [-0.39, 0.29) is 6.04 Å². The molecule has 42 heavy (non-hydrogen) atoms. The third-order valence-electron chi connectivity index (χ3n) is 7.46. The van der Waals surface area contributed by atoms with Crippen LogP contribution in [0.4, 0.5) is 5.69 Å². The van der Waals surface area contributed by atoms with Gasteiger partial charge in [-0.1, -0.05) is 121 Å². The maximum atomic E-state index is 5.48. The van der Waals surface area contributed by atoms with Crippen LogP contribution in [0.3, 0.4) is 0 Å². The van der Waals surface area contributed by atoms with Crippen molar-refractivity contribution in [3.63, 3.8) is 0 Å². The molecule has 2 aliphatic heterocycles. The van der Waals surface area contributed by atoms with Crippen molar-refractivity contribution in [1.82, 2.24) is 0 Å². The van der Waals surface area contributed by atoms with Crippen LogP contribution in [0.5, 0.6) is 5.75 Å². The molecule has 1 atom stereocenters. The van der Waals surface area contributed by atoms with Crippen LogP contribution in [0.15, 0.2) is 172 Å². The van der Waals surface area contributed by atoms with E-state index in [0.717, 1.165) is 50.8 Å². The topological polar surface area (TPSA) is 49.5 Å². The Morgan fingerprint density at radius 3 is 1.50 bits per heavy atom. The lowest BCUT2D eigenvalue weighted by Gasteiger charge is -2.29. The van der Waals surface area contributed by atoms with Gasteiger partial charge >= 0.3 is 0 Å². The molecule has 1 unspecified atom stereocenters. The summed E-state index contributed by atoms with van der Waals surface area (Å²) in [7, 11) is 1.68.